The van der Waals surface area contributed by atoms with Gasteiger partial charge < -0.3 is 0 Å². The normalized spacial score (nSPS) is 9.73. The molecule has 0 aliphatic rings. The van der Waals surface area contributed by atoms with E-state index in [1.54, 1.807) is 0 Å². The van der Waals surface area contributed by atoms with Crippen LogP contribution in [-0.4, -0.2) is 5.87 Å². The fraction of sp³-hybridized carbons (Fsp3) is 0.143. The highest BCUT2D eigenvalue weighted by Gasteiger charge is 1.96. The van der Waals surface area contributed by atoms with Crippen molar-refractivity contribution in [2.45, 2.75) is 13.8 Å². The Labute approximate surface area is 89.8 Å². The third-order valence-electron chi connectivity index (χ3n) is 2.17. The minimum Gasteiger partial charge on any atom is -0.206 e. The van der Waals surface area contributed by atoms with Crippen LogP contribution in [-0.2, 0) is 0 Å². The lowest BCUT2D eigenvalue weighted by Crippen LogP contribution is -1.73. The lowest BCUT2D eigenvalue weighted by Gasteiger charge is -1.99. The van der Waals surface area contributed by atoms with Gasteiger partial charge in [-0.25, -0.2) is 4.99 Å². The highest BCUT2D eigenvalue weighted by atomic mass is 14.7. The Morgan fingerprint density at radius 3 is 2.53 bits per heavy atom. The minimum absolute atomic E-state index is 0.981. The summed E-state index contributed by atoms with van der Waals surface area (Å²) in [5.41, 5.74) is 2.07. The Hall–Kier alpha value is -1.85. The van der Waals surface area contributed by atoms with Gasteiger partial charge in [0.2, 0.25) is 0 Å². The summed E-state index contributed by atoms with van der Waals surface area (Å²) < 4.78 is 0. The van der Waals surface area contributed by atoms with Crippen LogP contribution in [0.5, 0.6) is 0 Å². The quantitative estimate of drug-likeness (QED) is 0.607. The van der Waals surface area contributed by atoms with Crippen molar-refractivity contribution < 1.29 is 0 Å². The van der Waals surface area contributed by atoms with Crippen molar-refractivity contribution in [2.75, 3.05) is 0 Å². The van der Waals surface area contributed by atoms with Crippen LogP contribution in [0, 0.1) is 0 Å². The zero-order valence-corrected chi connectivity index (χ0v) is 8.99. The number of rotatable bonds is 1. The average molecular weight is 195 g/mol. The molecule has 2 rings (SSSR count). The molecule has 0 aliphatic heterocycles. The van der Waals surface area contributed by atoms with Crippen LogP contribution >= 0.6 is 0 Å². The van der Waals surface area contributed by atoms with Gasteiger partial charge >= 0.3 is 0 Å². The SMILES string of the molecule is CC(C)=C=Nc1cccc2ccccc12. The second-order valence-corrected chi connectivity index (χ2v) is 3.72. The largest absolute Gasteiger partial charge is 0.206 e. The third-order valence-corrected chi connectivity index (χ3v) is 2.17. The van der Waals surface area contributed by atoms with Gasteiger partial charge in [-0.2, -0.15) is 0 Å². The second-order valence-electron chi connectivity index (χ2n) is 3.72. The molecule has 74 valence electrons. The first kappa shape index (κ1) is 9.70. The van der Waals surface area contributed by atoms with Gasteiger partial charge in [-0.05, 0) is 36.7 Å². The molecule has 0 saturated carbocycles. The maximum absolute atomic E-state index is 4.35. The first-order chi connectivity index (χ1) is 7.27. The summed E-state index contributed by atoms with van der Waals surface area (Å²) in [7, 11) is 0. The summed E-state index contributed by atoms with van der Waals surface area (Å²) in [4.78, 5) is 4.35. The van der Waals surface area contributed by atoms with E-state index >= 15 is 0 Å². The standard InChI is InChI=1S/C14H13N/c1-11(2)10-15-14-9-5-7-12-6-3-4-8-13(12)14/h3-9H,1-2H3. The molecular weight excluding hydrogens is 182 g/mol. The molecule has 1 nitrogen and oxygen atoms in total. The molecule has 0 fully saturated rings. The van der Waals surface area contributed by atoms with Crippen molar-refractivity contribution in [3.05, 3.63) is 48.0 Å². The number of hydrogen-bond acceptors (Lipinski definition) is 1. The molecule has 0 saturated heterocycles. The summed E-state index contributed by atoms with van der Waals surface area (Å²) in [5, 5.41) is 2.39. The van der Waals surface area contributed by atoms with Crippen LogP contribution in [0.15, 0.2) is 53.0 Å². The van der Waals surface area contributed by atoms with E-state index in [-0.39, 0.29) is 0 Å². The van der Waals surface area contributed by atoms with Crippen molar-refractivity contribution in [1.29, 1.82) is 0 Å². The first-order valence-electron chi connectivity index (χ1n) is 5.02. The van der Waals surface area contributed by atoms with Gasteiger partial charge in [0.05, 0.1) is 5.69 Å². The number of hydrogen-bond donors (Lipinski definition) is 0. The second kappa shape index (κ2) is 4.12. The van der Waals surface area contributed by atoms with Gasteiger partial charge in [0.25, 0.3) is 0 Å². The van der Waals surface area contributed by atoms with E-state index in [0.717, 1.165) is 11.3 Å². The molecule has 2 aromatic carbocycles. The van der Waals surface area contributed by atoms with Gasteiger partial charge in [0, 0.05) is 5.39 Å². The Balaban J connectivity index is 2.66. The molecule has 0 aromatic heterocycles. The molecule has 0 aliphatic carbocycles. The number of benzene rings is 2. The summed E-state index contributed by atoms with van der Waals surface area (Å²) in [6.07, 6.45) is 0. The number of fused-ring (bicyclic) bond motifs is 1. The monoisotopic (exact) mass is 195 g/mol. The van der Waals surface area contributed by atoms with Crippen LogP contribution in [0.4, 0.5) is 5.69 Å². The van der Waals surface area contributed by atoms with Crippen molar-refractivity contribution in [1.82, 2.24) is 0 Å². The predicted molar refractivity (Wildman–Crippen MR) is 65.9 cm³/mol. The summed E-state index contributed by atoms with van der Waals surface area (Å²) in [6, 6.07) is 14.4. The van der Waals surface area contributed by atoms with Crippen LogP contribution in [0.25, 0.3) is 10.8 Å². The Kier molecular flexibility index (Phi) is 2.66. The molecule has 0 amide bonds. The van der Waals surface area contributed by atoms with Gasteiger partial charge in [-0.15, -0.1) is 0 Å². The van der Waals surface area contributed by atoms with E-state index in [4.69, 9.17) is 0 Å². The highest BCUT2D eigenvalue weighted by molar-refractivity contribution is 5.93. The molecule has 0 unspecified atom stereocenters. The molecule has 0 spiro atoms. The van der Waals surface area contributed by atoms with E-state index < -0.39 is 0 Å². The maximum atomic E-state index is 4.35. The molecule has 0 N–H and O–H groups in total. The van der Waals surface area contributed by atoms with Crippen LogP contribution in [0.1, 0.15) is 13.8 Å². The van der Waals surface area contributed by atoms with Crippen molar-refractivity contribution in [3.8, 4) is 0 Å². The average Bonchev–Trinajstić information content (AvgIpc) is 2.26. The lowest BCUT2D eigenvalue weighted by molar-refractivity contribution is 1.44. The Morgan fingerprint density at radius 1 is 1.00 bits per heavy atom. The third kappa shape index (κ3) is 2.15. The molecule has 1 heteroatoms. The van der Waals surface area contributed by atoms with Crippen molar-refractivity contribution in [2.24, 2.45) is 4.99 Å². The van der Waals surface area contributed by atoms with Crippen LogP contribution in [0.2, 0.25) is 0 Å². The number of nitrogens with zero attached hydrogens (tertiary/aromatic N) is 1. The van der Waals surface area contributed by atoms with Crippen molar-refractivity contribution in [3.63, 3.8) is 0 Å². The maximum Gasteiger partial charge on any atom is 0.0808 e. The van der Waals surface area contributed by atoms with Gasteiger partial charge in [-0.1, -0.05) is 36.4 Å². The van der Waals surface area contributed by atoms with Crippen LogP contribution in [0.3, 0.4) is 0 Å². The fourth-order valence-electron chi connectivity index (χ4n) is 1.48. The molecule has 2 aromatic rings. The topological polar surface area (TPSA) is 12.4 Å². The molecule has 0 radical (unpaired) electrons. The van der Waals surface area contributed by atoms with E-state index in [1.807, 2.05) is 38.1 Å². The van der Waals surface area contributed by atoms with Gasteiger partial charge in [0.1, 0.15) is 0 Å². The molecule has 0 heterocycles. The van der Waals surface area contributed by atoms with E-state index in [0.29, 0.717) is 0 Å². The lowest BCUT2D eigenvalue weighted by atomic mass is 10.1. The zero-order valence-electron chi connectivity index (χ0n) is 8.99. The minimum atomic E-state index is 0.981. The molecular formula is C14H13N. The predicted octanol–water partition coefficient (Wildman–Crippen LogP) is 4.11. The van der Waals surface area contributed by atoms with Crippen molar-refractivity contribution >= 4 is 22.3 Å². The smallest absolute Gasteiger partial charge is 0.0808 e. The van der Waals surface area contributed by atoms with Gasteiger partial charge in [-0.3, -0.25) is 0 Å². The van der Waals surface area contributed by atoms with E-state index in [1.165, 1.54) is 10.8 Å². The van der Waals surface area contributed by atoms with Crippen LogP contribution < -0.4 is 0 Å². The first-order valence-corrected chi connectivity index (χ1v) is 5.02. The summed E-state index contributed by atoms with van der Waals surface area (Å²) in [5.74, 6) is 3.00. The highest BCUT2D eigenvalue weighted by Crippen LogP contribution is 2.24. The number of aliphatic imine (C=N–C) groups is 1. The summed E-state index contributed by atoms with van der Waals surface area (Å²) in [6.45, 7) is 3.99. The Morgan fingerprint density at radius 2 is 1.73 bits per heavy atom. The molecule has 0 atom stereocenters. The zero-order chi connectivity index (χ0) is 10.7. The Bertz CT molecular complexity index is 537. The number of allylic oxidation sites excluding steroid dienone is 1. The summed E-state index contributed by atoms with van der Waals surface area (Å²) >= 11 is 0. The van der Waals surface area contributed by atoms with E-state index in [9.17, 15) is 0 Å². The van der Waals surface area contributed by atoms with E-state index in [2.05, 4.69) is 29.1 Å². The van der Waals surface area contributed by atoms with Gasteiger partial charge in [0.15, 0.2) is 0 Å². The molecule has 15 heavy (non-hydrogen) atoms. The fourth-order valence-corrected chi connectivity index (χ4v) is 1.48. The molecule has 0 bridgehead atoms.